The molecule has 2 amide bonds. The fourth-order valence-corrected chi connectivity index (χ4v) is 5.20. The van der Waals surface area contributed by atoms with E-state index in [1.165, 1.54) is 60.7 Å². The van der Waals surface area contributed by atoms with Crippen molar-refractivity contribution in [1.29, 1.82) is 0 Å². The number of sulfonamides is 1. The molecule has 0 spiro atoms. The van der Waals surface area contributed by atoms with Gasteiger partial charge in [-0.15, -0.1) is 13.2 Å². The number of rotatable bonds is 5. The molecule has 12 heteroatoms. The second-order valence-corrected chi connectivity index (χ2v) is 10.8. The predicted molar refractivity (Wildman–Crippen MR) is 124 cm³/mol. The van der Waals surface area contributed by atoms with Crippen LogP contribution in [0, 0.1) is 11.3 Å². The van der Waals surface area contributed by atoms with Gasteiger partial charge in [-0.2, -0.15) is 0 Å². The Morgan fingerprint density at radius 2 is 1.61 bits per heavy atom. The van der Waals surface area contributed by atoms with Crippen LogP contribution in [-0.2, 0) is 14.8 Å². The zero-order valence-corrected chi connectivity index (χ0v) is 20.1. The van der Waals surface area contributed by atoms with Crippen molar-refractivity contribution in [3.63, 3.8) is 0 Å². The number of nitrogens with two attached hydrogens (primary N) is 1. The van der Waals surface area contributed by atoms with Crippen molar-refractivity contribution in [2.75, 3.05) is 26.2 Å². The number of primary sulfonamides is 1. The van der Waals surface area contributed by atoms with Crippen molar-refractivity contribution in [3.05, 3.63) is 65.7 Å². The fourth-order valence-electron chi connectivity index (χ4n) is 4.69. The molecule has 0 saturated carbocycles. The number of fused-ring (bicyclic) bond motifs is 1. The van der Waals surface area contributed by atoms with Gasteiger partial charge >= 0.3 is 6.36 Å². The topological polar surface area (TPSA) is 110 Å². The number of halogens is 3. The molecule has 8 nitrogen and oxygen atoms in total. The molecule has 2 saturated heterocycles. The van der Waals surface area contributed by atoms with E-state index in [9.17, 15) is 31.2 Å². The van der Waals surface area contributed by atoms with Gasteiger partial charge < -0.3 is 14.5 Å². The van der Waals surface area contributed by atoms with E-state index in [0.717, 1.165) is 0 Å². The van der Waals surface area contributed by atoms with E-state index in [1.807, 2.05) is 6.92 Å². The number of likely N-dealkylation sites (tertiary alicyclic amines) is 2. The monoisotopic (exact) mass is 523 g/mol. The predicted octanol–water partition coefficient (Wildman–Crippen LogP) is 2.87. The van der Waals surface area contributed by atoms with Gasteiger partial charge in [0.15, 0.2) is 0 Å². The molecule has 36 heavy (non-hydrogen) atoms. The highest BCUT2D eigenvalue weighted by molar-refractivity contribution is 7.89. The van der Waals surface area contributed by atoms with E-state index >= 15 is 0 Å². The maximum atomic E-state index is 12.9. The summed E-state index contributed by atoms with van der Waals surface area (Å²) >= 11 is 0. The van der Waals surface area contributed by atoms with Gasteiger partial charge in [0, 0.05) is 49.2 Å². The average molecular weight is 524 g/mol. The maximum absolute atomic E-state index is 12.9. The first-order valence-electron chi connectivity index (χ1n) is 11.0. The zero-order chi connectivity index (χ0) is 26.3. The smallest absolute Gasteiger partial charge is 0.406 e. The Bertz CT molecular complexity index is 1290. The Morgan fingerprint density at radius 3 is 2.17 bits per heavy atom. The fraction of sp³-hybridized carbons (Fsp3) is 0.333. The van der Waals surface area contributed by atoms with Crippen LogP contribution in [0.15, 0.2) is 59.5 Å². The van der Waals surface area contributed by atoms with Crippen molar-refractivity contribution in [2.45, 2.75) is 18.2 Å². The minimum Gasteiger partial charge on any atom is -0.406 e. The molecule has 0 aliphatic carbocycles. The van der Waals surface area contributed by atoms with Gasteiger partial charge in [0.2, 0.25) is 15.9 Å². The third-order valence-electron chi connectivity index (χ3n) is 6.53. The number of carbonyl (C=O) groups is 2. The number of benzene rings is 2. The lowest BCUT2D eigenvalue weighted by molar-refractivity contribution is -0.274. The lowest BCUT2D eigenvalue weighted by Crippen LogP contribution is -2.37. The SMILES string of the molecule is C[C@]12CN(C(=O)/C=C/c3ccc(OC(F)(F)F)cc3)C[C@@H]1CN(C(=O)c1ccc(S(N)(=O)=O)cc1)C2. The molecule has 2 aliphatic heterocycles. The molecule has 0 bridgehead atoms. The summed E-state index contributed by atoms with van der Waals surface area (Å²) in [7, 11) is -3.85. The van der Waals surface area contributed by atoms with Crippen LogP contribution >= 0.6 is 0 Å². The first kappa shape index (κ1) is 25.7. The highest BCUT2D eigenvalue weighted by Gasteiger charge is 2.51. The van der Waals surface area contributed by atoms with Crippen LogP contribution < -0.4 is 9.88 Å². The summed E-state index contributed by atoms with van der Waals surface area (Å²) in [6, 6.07) is 10.6. The lowest BCUT2D eigenvalue weighted by atomic mass is 9.83. The van der Waals surface area contributed by atoms with Crippen LogP contribution in [0.1, 0.15) is 22.8 Å². The molecular formula is C24H24F3N3O5S. The summed E-state index contributed by atoms with van der Waals surface area (Å²) in [6.07, 6.45) is -1.87. The third-order valence-corrected chi connectivity index (χ3v) is 7.46. The minimum atomic E-state index is -4.77. The van der Waals surface area contributed by atoms with Crippen LogP contribution in [0.4, 0.5) is 13.2 Å². The first-order chi connectivity index (χ1) is 16.7. The largest absolute Gasteiger partial charge is 0.573 e. The number of amides is 2. The van der Waals surface area contributed by atoms with Crippen molar-refractivity contribution in [2.24, 2.45) is 16.5 Å². The summed E-state index contributed by atoms with van der Waals surface area (Å²) < 4.78 is 63.5. The van der Waals surface area contributed by atoms with E-state index in [1.54, 1.807) is 9.80 Å². The molecule has 2 fully saturated rings. The molecular weight excluding hydrogens is 499 g/mol. The van der Waals surface area contributed by atoms with Gasteiger partial charge in [-0.25, -0.2) is 13.6 Å². The number of alkyl halides is 3. The Morgan fingerprint density at radius 1 is 1.03 bits per heavy atom. The Balaban J connectivity index is 1.34. The second kappa shape index (κ2) is 9.25. The Labute approximate surface area is 206 Å². The highest BCUT2D eigenvalue weighted by atomic mass is 32.2. The number of hydrogen-bond acceptors (Lipinski definition) is 5. The van der Waals surface area contributed by atoms with Gasteiger partial charge in [-0.3, -0.25) is 9.59 Å². The van der Waals surface area contributed by atoms with Crippen LogP contribution in [0.25, 0.3) is 6.08 Å². The van der Waals surface area contributed by atoms with Crippen LogP contribution in [0.3, 0.4) is 0 Å². The van der Waals surface area contributed by atoms with E-state index < -0.39 is 16.4 Å². The van der Waals surface area contributed by atoms with Gasteiger partial charge in [0.1, 0.15) is 5.75 Å². The molecule has 192 valence electrons. The first-order valence-corrected chi connectivity index (χ1v) is 12.5. The molecule has 0 unspecified atom stereocenters. The number of nitrogens with zero attached hydrogens (tertiary/aromatic N) is 2. The molecule has 2 aliphatic rings. The van der Waals surface area contributed by atoms with Crippen LogP contribution in [0.5, 0.6) is 5.75 Å². The average Bonchev–Trinajstić information content (AvgIpc) is 3.28. The quantitative estimate of drug-likeness (QED) is 0.606. The number of carbonyl (C=O) groups excluding carboxylic acids is 2. The highest BCUT2D eigenvalue weighted by Crippen LogP contribution is 2.42. The lowest BCUT2D eigenvalue weighted by Gasteiger charge is -2.25. The molecule has 2 aromatic rings. The maximum Gasteiger partial charge on any atom is 0.573 e. The summed E-state index contributed by atoms with van der Waals surface area (Å²) in [5.41, 5.74) is 0.609. The second-order valence-electron chi connectivity index (χ2n) is 9.27. The van der Waals surface area contributed by atoms with Gasteiger partial charge in [0.25, 0.3) is 5.91 Å². The molecule has 2 heterocycles. The van der Waals surface area contributed by atoms with Crippen molar-refractivity contribution >= 4 is 27.9 Å². The molecule has 0 aromatic heterocycles. The normalized spacial score (nSPS) is 22.2. The van der Waals surface area contributed by atoms with E-state index in [-0.39, 0.29) is 33.8 Å². The van der Waals surface area contributed by atoms with Gasteiger partial charge in [-0.1, -0.05) is 19.1 Å². The third kappa shape index (κ3) is 5.71. The molecule has 2 N–H and O–H groups in total. The molecule has 2 aromatic carbocycles. The number of hydrogen-bond donors (Lipinski definition) is 1. The number of ether oxygens (including phenoxy) is 1. The summed E-state index contributed by atoms with van der Waals surface area (Å²) in [6.45, 7) is 3.84. The van der Waals surface area contributed by atoms with Crippen molar-refractivity contribution in [3.8, 4) is 5.75 Å². The van der Waals surface area contributed by atoms with Gasteiger partial charge in [-0.05, 0) is 48.0 Å². The van der Waals surface area contributed by atoms with Crippen molar-refractivity contribution < 1.29 is 35.9 Å². The van der Waals surface area contributed by atoms with Crippen LogP contribution in [0.2, 0.25) is 0 Å². The zero-order valence-electron chi connectivity index (χ0n) is 19.2. The summed E-state index contributed by atoms with van der Waals surface area (Å²) in [5.74, 6) is -0.716. The van der Waals surface area contributed by atoms with Crippen molar-refractivity contribution in [1.82, 2.24) is 9.80 Å². The van der Waals surface area contributed by atoms with Gasteiger partial charge in [0.05, 0.1) is 4.90 Å². The molecule has 0 radical (unpaired) electrons. The summed E-state index contributed by atoms with van der Waals surface area (Å²) in [4.78, 5) is 29.0. The Hall–Kier alpha value is -3.38. The van der Waals surface area contributed by atoms with Crippen LogP contribution in [-0.4, -0.2) is 62.6 Å². The summed E-state index contributed by atoms with van der Waals surface area (Å²) in [5, 5.41) is 5.10. The Kier molecular flexibility index (Phi) is 6.60. The minimum absolute atomic E-state index is 0.0706. The standard InChI is InChI=1S/C24H24F3N3O5S/c1-23-14-29(21(31)11-4-16-2-7-19(8-3-16)35-24(25,26)27)12-18(23)13-30(15-23)22(32)17-5-9-20(10-6-17)36(28,33)34/h2-11,18H,12-15H2,1H3,(H2,28,33,34)/b11-4+/t18-,23-/m1/s1. The molecule has 2 atom stereocenters. The molecule has 4 rings (SSSR count). The van der Waals surface area contributed by atoms with E-state index in [0.29, 0.717) is 37.3 Å². The van der Waals surface area contributed by atoms with E-state index in [2.05, 4.69) is 4.74 Å². The van der Waals surface area contributed by atoms with E-state index in [4.69, 9.17) is 5.14 Å².